The molecule has 3 rings (SSSR count). The van der Waals surface area contributed by atoms with Gasteiger partial charge >= 0.3 is 5.69 Å². The van der Waals surface area contributed by atoms with Gasteiger partial charge in [-0.2, -0.15) is 5.26 Å². The fourth-order valence-electron chi connectivity index (χ4n) is 3.22. The van der Waals surface area contributed by atoms with Crippen molar-refractivity contribution >= 4 is 11.5 Å². The zero-order chi connectivity index (χ0) is 17.4. The second kappa shape index (κ2) is 5.89. The predicted molar refractivity (Wildman–Crippen MR) is 92.5 cm³/mol. The number of likely N-dealkylation sites (N-methyl/N-ethyl adjacent to an activating group) is 1. The van der Waals surface area contributed by atoms with E-state index < -0.39 is 11.2 Å². The quantitative estimate of drug-likeness (QED) is 0.866. The molecule has 0 saturated carbocycles. The summed E-state index contributed by atoms with van der Waals surface area (Å²) in [5.74, 6) is 0.281. The van der Waals surface area contributed by atoms with Gasteiger partial charge in [0.05, 0.1) is 0 Å². The van der Waals surface area contributed by atoms with Crippen molar-refractivity contribution in [2.45, 2.75) is 12.5 Å². The highest BCUT2D eigenvalue weighted by Gasteiger charge is 2.24. The highest BCUT2D eigenvalue weighted by molar-refractivity contribution is 5.58. The van der Waals surface area contributed by atoms with Crippen LogP contribution in [0, 0.1) is 11.3 Å². The standard InChI is InChI=1S/C17H19N5O2/c1-20-10-12(8-11-6-4-5-7-14(11)20)19-15-13(9-18)16(23)22(3)17(24)21(15)2/h4-7,12,19H,8,10H2,1-3H3/t12-/m0/s1. The Morgan fingerprint density at radius 3 is 2.58 bits per heavy atom. The van der Waals surface area contributed by atoms with E-state index in [1.54, 1.807) is 7.05 Å². The monoisotopic (exact) mass is 325 g/mol. The number of aromatic nitrogens is 2. The van der Waals surface area contributed by atoms with Gasteiger partial charge in [0.2, 0.25) is 0 Å². The molecule has 1 aliphatic rings. The lowest BCUT2D eigenvalue weighted by Crippen LogP contribution is -2.44. The maximum absolute atomic E-state index is 12.2. The fourth-order valence-corrected chi connectivity index (χ4v) is 3.22. The smallest absolute Gasteiger partial charge is 0.332 e. The average Bonchev–Trinajstić information content (AvgIpc) is 2.58. The van der Waals surface area contributed by atoms with Gasteiger partial charge < -0.3 is 10.2 Å². The summed E-state index contributed by atoms with van der Waals surface area (Å²) >= 11 is 0. The number of nitrogens with zero attached hydrogens (tertiary/aromatic N) is 4. The molecule has 0 saturated heterocycles. The van der Waals surface area contributed by atoms with Gasteiger partial charge in [-0.05, 0) is 18.1 Å². The summed E-state index contributed by atoms with van der Waals surface area (Å²) < 4.78 is 2.27. The van der Waals surface area contributed by atoms with Crippen LogP contribution in [0.5, 0.6) is 0 Å². The Balaban J connectivity index is 2.01. The van der Waals surface area contributed by atoms with Crippen molar-refractivity contribution in [3.05, 3.63) is 56.2 Å². The molecule has 2 heterocycles. The number of nitrogens with one attached hydrogen (secondary N) is 1. The van der Waals surface area contributed by atoms with Gasteiger partial charge in [-0.1, -0.05) is 18.2 Å². The zero-order valence-electron chi connectivity index (χ0n) is 13.9. The summed E-state index contributed by atoms with van der Waals surface area (Å²) in [7, 11) is 4.94. The largest absolute Gasteiger partial charge is 0.372 e. The second-order valence-electron chi connectivity index (χ2n) is 6.10. The molecule has 1 aromatic carbocycles. The number of hydrogen-bond acceptors (Lipinski definition) is 5. The number of nitriles is 1. The molecule has 7 heteroatoms. The molecule has 2 aromatic rings. The van der Waals surface area contributed by atoms with E-state index in [9.17, 15) is 14.9 Å². The van der Waals surface area contributed by atoms with Crippen molar-refractivity contribution in [2.24, 2.45) is 14.1 Å². The average molecular weight is 325 g/mol. The van der Waals surface area contributed by atoms with Gasteiger partial charge in [0.25, 0.3) is 5.56 Å². The third-order valence-corrected chi connectivity index (χ3v) is 4.48. The lowest BCUT2D eigenvalue weighted by atomic mass is 9.98. The van der Waals surface area contributed by atoms with Crippen LogP contribution in [0.3, 0.4) is 0 Å². The SMILES string of the molecule is CN1C[C@@H](Nc2c(C#N)c(=O)n(C)c(=O)n2C)Cc2ccccc21. The Hall–Kier alpha value is -3.01. The molecule has 1 aliphatic heterocycles. The van der Waals surface area contributed by atoms with E-state index in [0.717, 1.165) is 11.0 Å². The lowest BCUT2D eigenvalue weighted by molar-refractivity contribution is 0.636. The summed E-state index contributed by atoms with van der Waals surface area (Å²) in [6.45, 7) is 0.714. The van der Waals surface area contributed by atoms with Gasteiger partial charge in [0.15, 0.2) is 5.56 Å². The van der Waals surface area contributed by atoms with Crippen LogP contribution in [0.1, 0.15) is 11.1 Å². The molecule has 0 radical (unpaired) electrons. The highest BCUT2D eigenvalue weighted by Crippen LogP contribution is 2.26. The second-order valence-corrected chi connectivity index (χ2v) is 6.10. The first-order chi connectivity index (χ1) is 11.4. The molecule has 1 N–H and O–H groups in total. The van der Waals surface area contributed by atoms with Gasteiger partial charge in [-0.25, -0.2) is 4.79 Å². The molecule has 124 valence electrons. The van der Waals surface area contributed by atoms with Crippen LogP contribution in [0.4, 0.5) is 11.5 Å². The Bertz CT molecular complexity index is 951. The Kier molecular flexibility index (Phi) is 3.89. The third-order valence-electron chi connectivity index (χ3n) is 4.48. The zero-order valence-corrected chi connectivity index (χ0v) is 13.9. The van der Waals surface area contributed by atoms with Crippen molar-refractivity contribution in [1.29, 1.82) is 5.26 Å². The molecule has 0 fully saturated rings. The van der Waals surface area contributed by atoms with Crippen LogP contribution in [0.2, 0.25) is 0 Å². The summed E-state index contributed by atoms with van der Waals surface area (Å²) in [4.78, 5) is 26.5. The Morgan fingerprint density at radius 1 is 1.17 bits per heavy atom. The van der Waals surface area contributed by atoms with E-state index in [0.29, 0.717) is 6.54 Å². The number of hydrogen-bond donors (Lipinski definition) is 1. The van der Waals surface area contributed by atoms with Crippen molar-refractivity contribution in [3.63, 3.8) is 0 Å². The van der Waals surface area contributed by atoms with Crippen molar-refractivity contribution in [2.75, 3.05) is 23.8 Å². The first-order valence-corrected chi connectivity index (χ1v) is 7.69. The van der Waals surface area contributed by atoms with E-state index >= 15 is 0 Å². The highest BCUT2D eigenvalue weighted by atomic mass is 16.2. The number of rotatable bonds is 2. The van der Waals surface area contributed by atoms with Crippen molar-refractivity contribution < 1.29 is 0 Å². The van der Waals surface area contributed by atoms with E-state index in [1.807, 2.05) is 25.2 Å². The maximum Gasteiger partial charge on any atom is 0.332 e. The van der Waals surface area contributed by atoms with Crippen LogP contribution in [-0.4, -0.2) is 28.8 Å². The Morgan fingerprint density at radius 2 is 1.88 bits per heavy atom. The number of fused-ring (bicyclic) bond motifs is 1. The molecule has 0 spiro atoms. The molecule has 1 atom stereocenters. The van der Waals surface area contributed by atoms with Gasteiger partial charge in [0, 0.05) is 39.4 Å². The lowest BCUT2D eigenvalue weighted by Gasteiger charge is -2.34. The number of para-hydroxylation sites is 1. The van der Waals surface area contributed by atoms with Crippen molar-refractivity contribution in [1.82, 2.24) is 9.13 Å². The van der Waals surface area contributed by atoms with Crippen molar-refractivity contribution in [3.8, 4) is 6.07 Å². The number of benzene rings is 1. The fraction of sp³-hybridized carbons (Fsp3) is 0.353. The maximum atomic E-state index is 12.2. The topological polar surface area (TPSA) is 83.1 Å². The van der Waals surface area contributed by atoms with E-state index in [1.165, 1.54) is 22.9 Å². The Labute approximate surface area is 139 Å². The molecular weight excluding hydrogens is 306 g/mol. The van der Waals surface area contributed by atoms with Crippen LogP contribution in [0.15, 0.2) is 33.9 Å². The van der Waals surface area contributed by atoms with E-state index in [4.69, 9.17) is 0 Å². The van der Waals surface area contributed by atoms with Crippen LogP contribution >= 0.6 is 0 Å². The van der Waals surface area contributed by atoms with Gasteiger partial charge in [-0.3, -0.25) is 13.9 Å². The van der Waals surface area contributed by atoms with Gasteiger partial charge in [-0.15, -0.1) is 0 Å². The predicted octanol–water partition coefficient (Wildman–Crippen LogP) is 0.429. The summed E-state index contributed by atoms with van der Waals surface area (Å²) in [6, 6.07) is 10.0. The molecule has 1 aromatic heterocycles. The minimum atomic E-state index is -0.576. The molecule has 24 heavy (non-hydrogen) atoms. The van der Waals surface area contributed by atoms with E-state index in [-0.39, 0.29) is 17.4 Å². The first-order valence-electron chi connectivity index (χ1n) is 7.69. The molecular formula is C17H19N5O2. The third kappa shape index (κ3) is 2.46. The molecule has 0 bridgehead atoms. The van der Waals surface area contributed by atoms with Crippen LogP contribution in [0.25, 0.3) is 0 Å². The molecule has 7 nitrogen and oxygen atoms in total. The summed E-state index contributed by atoms with van der Waals surface area (Å²) in [5, 5.41) is 12.6. The molecule has 0 aliphatic carbocycles. The van der Waals surface area contributed by atoms with Gasteiger partial charge in [0.1, 0.15) is 11.9 Å². The van der Waals surface area contributed by atoms with E-state index in [2.05, 4.69) is 22.3 Å². The minimum Gasteiger partial charge on any atom is -0.372 e. The molecule has 0 unspecified atom stereocenters. The summed E-state index contributed by atoms with van der Waals surface area (Å²) in [5.41, 5.74) is 1.30. The number of anilines is 2. The first kappa shape index (κ1) is 15.9. The normalized spacial score (nSPS) is 16.4. The molecule has 0 amide bonds. The minimum absolute atomic E-state index is 0.00490. The van der Waals surface area contributed by atoms with Crippen LogP contribution in [-0.2, 0) is 20.5 Å². The summed E-state index contributed by atoms with van der Waals surface area (Å²) in [6.07, 6.45) is 0.759. The van der Waals surface area contributed by atoms with Crippen LogP contribution < -0.4 is 21.5 Å².